The molecule has 5 nitrogen and oxygen atoms in total. The Kier molecular flexibility index (Phi) is 5.41. The molecule has 2 N–H and O–H groups in total. The lowest BCUT2D eigenvalue weighted by Gasteiger charge is -2.17. The third-order valence-electron chi connectivity index (χ3n) is 4.99. The number of methoxy groups -OCH3 is 1. The molecule has 144 valence electrons. The minimum absolute atomic E-state index is 0.105. The van der Waals surface area contributed by atoms with Gasteiger partial charge in [0.2, 0.25) is 0 Å². The summed E-state index contributed by atoms with van der Waals surface area (Å²) in [6.07, 6.45) is 1.74. The van der Waals surface area contributed by atoms with Gasteiger partial charge in [-0.25, -0.2) is 4.98 Å². The first-order valence-corrected chi connectivity index (χ1v) is 10.2. The Morgan fingerprint density at radius 3 is 2.82 bits per heavy atom. The number of fused-ring (bicyclic) bond motifs is 1. The fourth-order valence-corrected chi connectivity index (χ4v) is 4.35. The van der Waals surface area contributed by atoms with Gasteiger partial charge >= 0.3 is 0 Å². The Labute approximate surface area is 168 Å². The van der Waals surface area contributed by atoms with Crippen LogP contribution in [0.3, 0.4) is 0 Å². The number of anilines is 1. The number of benzene rings is 2. The number of nitrogens with one attached hydrogen (secondary N) is 2. The van der Waals surface area contributed by atoms with Gasteiger partial charge in [0.05, 0.1) is 12.8 Å². The van der Waals surface area contributed by atoms with Crippen LogP contribution in [0.5, 0.6) is 5.75 Å². The number of aromatic nitrogens is 1. The Morgan fingerprint density at radius 1 is 1.21 bits per heavy atom. The number of rotatable bonds is 5. The molecule has 0 atom stereocenters. The van der Waals surface area contributed by atoms with Crippen LogP contribution in [0.25, 0.3) is 0 Å². The molecular formula is C22H23N3O2S. The zero-order valence-corrected chi connectivity index (χ0v) is 16.9. The van der Waals surface area contributed by atoms with Crippen LogP contribution in [0.15, 0.2) is 42.5 Å². The molecule has 1 amide bonds. The second kappa shape index (κ2) is 8.12. The summed E-state index contributed by atoms with van der Waals surface area (Å²) >= 11 is 1.53. The molecule has 1 aliphatic rings. The van der Waals surface area contributed by atoms with Crippen molar-refractivity contribution < 1.29 is 9.53 Å². The largest absolute Gasteiger partial charge is 0.497 e. The molecule has 6 heteroatoms. The highest BCUT2D eigenvalue weighted by Gasteiger charge is 2.15. The van der Waals surface area contributed by atoms with Crippen LogP contribution in [-0.4, -0.2) is 24.5 Å². The van der Waals surface area contributed by atoms with E-state index in [0.29, 0.717) is 10.7 Å². The molecule has 0 radical (unpaired) electrons. The SMILES string of the molecule is COc1ccc(Cc2sc(NC(=O)c3ccc4c(c3)CCNC4)nc2C)cc1. The van der Waals surface area contributed by atoms with E-state index in [2.05, 4.69) is 27.8 Å². The Morgan fingerprint density at radius 2 is 2.04 bits per heavy atom. The predicted octanol–water partition coefficient (Wildman–Crippen LogP) is 3.95. The van der Waals surface area contributed by atoms with E-state index in [9.17, 15) is 4.79 Å². The van der Waals surface area contributed by atoms with Crippen molar-refractivity contribution >= 4 is 22.4 Å². The van der Waals surface area contributed by atoms with E-state index in [1.165, 1.54) is 28.0 Å². The summed E-state index contributed by atoms with van der Waals surface area (Å²) in [4.78, 5) is 18.4. The van der Waals surface area contributed by atoms with Crippen molar-refractivity contribution in [3.05, 3.63) is 75.3 Å². The average molecular weight is 394 g/mol. The maximum Gasteiger partial charge on any atom is 0.257 e. The second-order valence-electron chi connectivity index (χ2n) is 6.92. The van der Waals surface area contributed by atoms with Crippen LogP contribution < -0.4 is 15.4 Å². The van der Waals surface area contributed by atoms with Gasteiger partial charge in [0.25, 0.3) is 5.91 Å². The van der Waals surface area contributed by atoms with Gasteiger partial charge in [0, 0.05) is 23.4 Å². The molecule has 2 aromatic carbocycles. The smallest absolute Gasteiger partial charge is 0.257 e. The number of hydrogen-bond acceptors (Lipinski definition) is 5. The molecule has 0 saturated carbocycles. The molecule has 28 heavy (non-hydrogen) atoms. The zero-order chi connectivity index (χ0) is 19.5. The molecule has 2 heterocycles. The topological polar surface area (TPSA) is 63.2 Å². The van der Waals surface area contributed by atoms with Crippen LogP contribution in [-0.2, 0) is 19.4 Å². The number of nitrogens with zero attached hydrogens (tertiary/aromatic N) is 1. The summed E-state index contributed by atoms with van der Waals surface area (Å²) in [6.45, 7) is 3.81. The number of amides is 1. The lowest BCUT2D eigenvalue weighted by atomic mass is 9.98. The van der Waals surface area contributed by atoms with Gasteiger partial charge in [-0.15, -0.1) is 11.3 Å². The van der Waals surface area contributed by atoms with Crippen LogP contribution in [0, 0.1) is 6.92 Å². The van der Waals surface area contributed by atoms with Gasteiger partial charge < -0.3 is 10.1 Å². The van der Waals surface area contributed by atoms with Crippen molar-refractivity contribution in [2.45, 2.75) is 26.3 Å². The van der Waals surface area contributed by atoms with E-state index in [4.69, 9.17) is 4.74 Å². The molecule has 3 aromatic rings. The average Bonchev–Trinajstić information content (AvgIpc) is 3.06. The molecule has 1 aromatic heterocycles. The van der Waals surface area contributed by atoms with E-state index >= 15 is 0 Å². The fourth-order valence-electron chi connectivity index (χ4n) is 3.36. The maximum atomic E-state index is 12.7. The molecule has 0 bridgehead atoms. The van der Waals surface area contributed by atoms with Crippen LogP contribution in [0.4, 0.5) is 5.13 Å². The van der Waals surface area contributed by atoms with Gasteiger partial charge in [-0.05, 0) is 60.8 Å². The number of aryl methyl sites for hydroxylation is 1. The number of ether oxygens (including phenoxy) is 1. The molecule has 0 spiro atoms. The minimum atomic E-state index is -0.105. The predicted molar refractivity (Wildman–Crippen MR) is 112 cm³/mol. The van der Waals surface area contributed by atoms with E-state index in [1.807, 2.05) is 37.3 Å². The van der Waals surface area contributed by atoms with E-state index in [-0.39, 0.29) is 5.91 Å². The lowest BCUT2D eigenvalue weighted by molar-refractivity contribution is 0.102. The first-order valence-electron chi connectivity index (χ1n) is 9.35. The first kappa shape index (κ1) is 18.7. The molecule has 0 unspecified atom stereocenters. The first-order chi connectivity index (χ1) is 13.6. The third kappa shape index (κ3) is 4.08. The summed E-state index contributed by atoms with van der Waals surface area (Å²) in [5.74, 6) is 0.740. The van der Waals surface area contributed by atoms with Crippen LogP contribution in [0.2, 0.25) is 0 Å². The van der Waals surface area contributed by atoms with Gasteiger partial charge in [-0.1, -0.05) is 18.2 Å². The summed E-state index contributed by atoms with van der Waals surface area (Å²) in [7, 11) is 1.66. The highest BCUT2D eigenvalue weighted by Crippen LogP contribution is 2.26. The van der Waals surface area contributed by atoms with Crippen molar-refractivity contribution in [2.75, 3.05) is 19.0 Å². The van der Waals surface area contributed by atoms with Crippen molar-refractivity contribution in [3.8, 4) is 5.75 Å². The minimum Gasteiger partial charge on any atom is -0.497 e. The Bertz CT molecular complexity index is 996. The Hall–Kier alpha value is -2.70. The Balaban J connectivity index is 1.46. The van der Waals surface area contributed by atoms with Crippen molar-refractivity contribution in [1.29, 1.82) is 0 Å². The summed E-state index contributed by atoms with van der Waals surface area (Å²) in [5, 5.41) is 6.96. The highest BCUT2D eigenvalue weighted by atomic mass is 32.1. The molecule has 0 fully saturated rings. The third-order valence-corrected chi connectivity index (χ3v) is 6.06. The number of carbonyl (C=O) groups is 1. The van der Waals surface area contributed by atoms with Gasteiger partial charge in [-0.3, -0.25) is 10.1 Å². The molecule has 0 aliphatic carbocycles. The number of hydrogen-bond donors (Lipinski definition) is 2. The van der Waals surface area contributed by atoms with Crippen LogP contribution in [0.1, 0.15) is 37.6 Å². The maximum absolute atomic E-state index is 12.7. The number of carbonyl (C=O) groups excluding carboxylic acids is 1. The normalized spacial score (nSPS) is 13.1. The molecular weight excluding hydrogens is 370 g/mol. The zero-order valence-electron chi connectivity index (χ0n) is 16.0. The van der Waals surface area contributed by atoms with Crippen molar-refractivity contribution in [2.24, 2.45) is 0 Å². The quantitative estimate of drug-likeness (QED) is 0.689. The fraction of sp³-hybridized carbons (Fsp3) is 0.273. The summed E-state index contributed by atoms with van der Waals surface area (Å²) < 4.78 is 5.21. The van der Waals surface area contributed by atoms with Gasteiger partial charge in [0.15, 0.2) is 5.13 Å². The summed E-state index contributed by atoms with van der Waals surface area (Å²) in [5.41, 5.74) is 5.35. The molecule has 0 saturated heterocycles. The van der Waals surface area contributed by atoms with E-state index in [0.717, 1.165) is 42.3 Å². The van der Waals surface area contributed by atoms with Crippen LogP contribution >= 0.6 is 11.3 Å². The van der Waals surface area contributed by atoms with Gasteiger partial charge in [-0.2, -0.15) is 0 Å². The molecule has 4 rings (SSSR count). The second-order valence-corrected chi connectivity index (χ2v) is 8.00. The van der Waals surface area contributed by atoms with E-state index < -0.39 is 0 Å². The van der Waals surface area contributed by atoms with Crippen molar-refractivity contribution in [3.63, 3.8) is 0 Å². The summed E-state index contributed by atoms with van der Waals surface area (Å²) in [6, 6.07) is 14.0. The van der Waals surface area contributed by atoms with Crippen molar-refractivity contribution in [1.82, 2.24) is 10.3 Å². The van der Waals surface area contributed by atoms with Gasteiger partial charge in [0.1, 0.15) is 5.75 Å². The standard InChI is InChI=1S/C22H23N3O2S/c1-14-20(11-15-3-7-19(27-2)8-4-15)28-22(24-14)25-21(26)17-5-6-18-13-23-10-9-16(18)12-17/h3-8,12,23H,9-11,13H2,1-2H3,(H,24,25,26). The van der Waals surface area contributed by atoms with E-state index in [1.54, 1.807) is 7.11 Å². The monoisotopic (exact) mass is 393 g/mol. The lowest BCUT2D eigenvalue weighted by Crippen LogP contribution is -2.24. The number of thiazole rings is 1. The highest BCUT2D eigenvalue weighted by molar-refractivity contribution is 7.15. The molecule has 1 aliphatic heterocycles.